The SMILES string of the molecule is CN(CC1CCCC1)C(=O)CC1CNCCN1C. The van der Waals surface area contributed by atoms with Crippen molar-refractivity contribution in [1.82, 2.24) is 15.1 Å². The molecule has 2 aliphatic rings. The lowest BCUT2D eigenvalue weighted by Gasteiger charge is -2.34. The van der Waals surface area contributed by atoms with Crippen LogP contribution in [0.4, 0.5) is 0 Å². The van der Waals surface area contributed by atoms with E-state index in [4.69, 9.17) is 0 Å². The number of hydrogen-bond acceptors (Lipinski definition) is 3. The molecule has 0 aromatic carbocycles. The van der Waals surface area contributed by atoms with E-state index in [1.165, 1.54) is 25.7 Å². The predicted octanol–water partition coefficient (Wildman–Crippen LogP) is 0.929. The first-order chi connectivity index (χ1) is 8.66. The minimum atomic E-state index is 0.308. The first-order valence-electron chi connectivity index (χ1n) is 7.31. The first kappa shape index (κ1) is 13.8. The monoisotopic (exact) mass is 253 g/mol. The lowest BCUT2D eigenvalue weighted by molar-refractivity contribution is -0.131. The van der Waals surface area contributed by atoms with Crippen molar-refractivity contribution in [3.63, 3.8) is 0 Å². The van der Waals surface area contributed by atoms with E-state index < -0.39 is 0 Å². The van der Waals surface area contributed by atoms with Gasteiger partial charge in [0.15, 0.2) is 0 Å². The quantitative estimate of drug-likeness (QED) is 0.809. The Kier molecular flexibility index (Phi) is 5.01. The Morgan fingerprint density at radius 1 is 1.39 bits per heavy atom. The fourth-order valence-corrected chi connectivity index (χ4v) is 3.13. The van der Waals surface area contributed by atoms with E-state index in [2.05, 4.69) is 17.3 Å². The molecule has 2 rings (SSSR count). The van der Waals surface area contributed by atoms with Crippen LogP contribution < -0.4 is 5.32 Å². The number of rotatable bonds is 4. The zero-order valence-electron chi connectivity index (χ0n) is 11.8. The molecule has 1 atom stereocenters. The van der Waals surface area contributed by atoms with Crippen LogP contribution in [0.15, 0.2) is 0 Å². The Labute approximate surface area is 111 Å². The summed E-state index contributed by atoms with van der Waals surface area (Å²) in [5.74, 6) is 1.06. The van der Waals surface area contributed by atoms with Gasteiger partial charge in [-0.3, -0.25) is 4.79 Å². The normalized spacial score (nSPS) is 26.4. The zero-order valence-corrected chi connectivity index (χ0v) is 11.8. The lowest BCUT2D eigenvalue weighted by atomic mass is 10.1. The highest BCUT2D eigenvalue weighted by molar-refractivity contribution is 5.76. The van der Waals surface area contributed by atoms with Gasteiger partial charge in [0.05, 0.1) is 0 Å². The molecule has 1 unspecified atom stereocenters. The van der Waals surface area contributed by atoms with E-state index in [0.29, 0.717) is 18.4 Å². The average molecular weight is 253 g/mol. The molecule has 4 nitrogen and oxygen atoms in total. The van der Waals surface area contributed by atoms with Gasteiger partial charge in [0.1, 0.15) is 0 Å². The summed E-state index contributed by atoms with van der Waals surface area (Å²) in [6.45, 7) is 3.99. The fourth-order valence-electron chi connectivity index (χ4n) is 3.13. The van der Waals surface area contributed by atoms with Gasteiger partial charge in [-0.15, -0.1) is 0 Å². The summed E-state index contributed by atoms with van der Waals surface area (Å²) in [6, 6.07) is 0.372. The number of likely N-dealkylation sites (N-methyl/N-ethyl adjacent to an activating group) is 1. The highest BCUT2D eigenvalue weighted by Crippen LogP contribution is 2.25. The number of carbonyl (C=O) groups excluding carboxylic acids is 1. The van der Waals surface area contributed by atoms with Crippen LogP contribution >= 0.6 is 0 Å². The van der Waals surface area contributed by atoms with Gasteiger partial charge in [-0.1, -0.05) is 12.8 Å². The molecule has 0 aromatic rings. The van der Waals surface area contributed by atoms with E-state index in [9.17, 15) is 4.79 Å². The third-order valence-electron chi connectivity index (χ3n) is 4.49. The summed E-state index contributed by atoms with van der Waals surface area (Å²) in [4.78, 5) is 16.5. The number of carbonyl (C=O) groups is 1. The number of amides is 1. The summed E-state index contributed by atoms with van der Waals surface area (Å²) in [5.41, 5.74) is 0. The molecule has 2 fully saturated rings. The number of nitrogens with one attached hydrogen (secondary N) is 1. The standard InChI is InChI=1S/C14H27N3O/c1-16-8-7-15-10-13(16)9-14(18)17(2)11-12-5-3-4-6-12/h12-13,15H,3-11H2,1-2H3. The van der Waals surface area contributed by atoms with Crippen molar-refractivity contribution in [1.29, 1.82) is 0 Å². The highest BCUT2D eigenvalue weighted by atomic mass is 16.2. The number of piperazine rings is 1. The van der Waals surface area contributed by atoms with E-state index >= 15 is 0 Å². The second-order valence-electron chi connectivity index (χ2n) is 5.97. The van der Waals surface area contributed by atoms with Gasteiger partial charge in [-0.2, -0.15) is 0 Å². The van der Waals surface area contributed by atoms with Crippen molar-refractivity contribution in [2.24, 2.45) is 5.92 Å². The molecule has 1 heterocycles. The molecule has 104 valence electrons. The molecule has 18 heavy (non-hydrogen) atoms. The number of hydrogen-bond donors (Lipinski definition) is 1. The van der Waals surface area contributed by atoms with Crippen molar-refractivity contribution in [3.05, 3.63) is 0 Å². The van der Waals surface area contributed by atoms with Crippen LogP contribution in [0.5, 0.6) is 0 Å². The van der Waals surface area contributed by atoms with Crippen LogP contribution in [-0.4, -0.2) is 62.0 Å². The maximum atomic E-state index is 12.2. The predicted molar refractivity (Wildman–Crippen MR) is 73.5 cm³/mol. The summed E-state index contributed by atoms with van der Waals surface area (Å²) in [6.07, 6.45) is 5.97. The Hall–Kier alpha value is -0.610. The first-order valence-corrected chi connectivity index (χ1v) is 7.31. The smallest absolute Gasteiger partial charge is 0.223 e. The second-order valence-corrected chi connectivity index (χ2v) is 5.97. The lowest BCUT2D eigenvalue weighted by Crippen LogP contribution is -2.51. The Morgan fingerprint density at radius 2 is 2.11 bits per heavy atom. The van der Waals surface area contributed by atoms with Crippen LogP contribution in [-0.2, 0) is 4.79 Å². The molecule has 0 aromatic heterocycles. The van der Waals surface area contributed by atoms with Crippen molar-refractivity contribution in [2.45, 2.75) is 38.1 Å². The van der Waals surface area contributed by atoms with Crippen molar-refractivity contribution < 1.29 is 4.79 Å². The topological polar surface area (TPSA) is 35.6 Å². The maximum Gasteiger partial charge on any atom is 0.223 e. The van der Waals surface area contributed by atoms with Gasteiger partial charge in [0.25, 0.3) is 0 Å². The molecule has 1 saturated carbocycles. The molecule has 1 aliphatic carbocycles. The average Bonchev–Trinajstić information content (AvgIpc) is 2.84. The van der Waals surface area contributed by atoms with Crippen molar-refractivity contribution in [3.8, 4) is 0 Å². The molecule has 1 saturated heterocycles. The fraction of sp³-hybridized carbons (Fsp3) is 0.929. The van der Waals surface area contributed by atoms with E-state index in [-0.39, 0.29) is 0 Å². The molecule has 0 spiro atoms. The molecule has 1 aliphatic heterocycles. The molecule has 0 radical (unpaired) electrons. The Bertz CT molecular complexity index is 276. The van der Waals surface area contributed by atoms with E-state index in [1.807, 2.05) is 11.9 Å². The maximum absolute atomic E-state index is 12.2. The second kappa shape index (κ2) is 6.53. The third kappa shape index (κ3) is 3.69. The van der Waals surface area contributed by atoms with Crippen LogP contribution in [0.2, 0.25) is 0 Å². The van der Waals surface area contributed by atoms with E-state index in [0.717, 1.165) is 32.1 Å². The van der Waals surface area contributed by atoms with Gasteiger partial charge in [-0.25, -0.2) is 0 Å². The van der Waals surface area contributed by atoms with Crippen molar-refractivity contribution in [2.75, 3.05) is 40.3 Å². The van der Waals surface area contributed by atoms with Gasteiger partial charge >= 0.3 is 0 Å². The minimum absolute atomic E-state index is 0.308. The van der Waals surface area contributed by atoms with Crippen LogP contribution in [0.3, 0.4) is 0 Å². The summed E-state index contributed by atoms with van der Waals surface area (Å²) < 4.78 is 0. The molecular formula is C14H27N3O. The molecule has 1 amide bonds. The van der Waals surface area contributed by atoms with Crippen LogP contribution in [0, 0.1) is 5.92 Å². The van der Waals surface area contributed by atoms with E-state index in [1.54, 1.807) is 0 Å². The minimum Gasteiger partial charge on any atom is -0.345 e. The largest absolute Gasteiger partial charge is 0.345 e. The van der Waals surface area contributed by atoms with Crippen molar-refractivity contribution >= 4 is 5.91 Å². The van der Waals surface area contributed by atoms with Gasteiger partial charge in [0.2, 0.25) is 5.91 Å². The highest BCUT2D eigenvalue weighted by Gasteiger charge is 2.24. The zero-order chi connectivity index (χ0) is 13.0. The molecule has 1 N–H and O–H groups in total. The summed E-state index contributed by atoms with van der Waals surface area (Å²) >= 11 is 0. The number of nitrogens with zero attached hydrogens (tertiary/aromatic N) is 2. The van der Waals surface area contributed by atoms with Crippen LogP contribution in [0.1, 0.15) is 32.1 Å². The Balaban J connectivity index is 1.75. The van der Waals surface area contributed by atoms with Crippen LogP contribution in [0.25, 0.3) is 0 Å². The van der Waals surface area contributed by atoms with Gasteiger partial charge in [0, 0.05) is 45.7 Å². The van der Waals surface area contributed by atoms with Gasteiger partial charge in [-0.05, 0) is 25.8 Å². The molecule has 0 bridgehead atoms. The Morgan fingerprint density at radius 3 is 2.78 bits per heavy atom. The molecule has 4 heteroatoms. The molecular weight excluding hydrogens is 226 g/mol. The summed E-state index contributed by atoms with van der Waals surface area (Å²) in [7, 11) is 4.09. The summed E-state index contributed by atoms with van der Waals surface area (Å²) in [5, 5.41) is 3.37. The third-order valence-corrected chi connectivity index (χ3v) is 4.49. The van der Waals surface area contributed by atoms with Gasteiger partial charge < -0.3 is 15.1 Å².